The number of alkyl halides is 4. The lowest BCUT2D eigenvalue weighted by atomic mass is 10.5. The van der Waals surface area contributed by atoms with Crippen LogP contribution in [0.3, 0.4) is 0 Å². The summed E-state index contributed by atoms with van der Waals surface area (Å²) in [4.78, 5) is 4.38. The van der Waals surface area contributed by atoms with Gasteiger partial charge in [-0.05, 0) is 0 Å². The summed E-state index contributed by atoms with van der Waals surface area (Å²) in [5.41, 5.74) is 0. The Hall–Kier alpha value is 1.00. The monoisotopic (exact) mass is 396 g/mol. The number of hydrogen-bond donors (Lipinski definition) is 0. The average molecular weight is 398 g/mol. The molecule has 0 aliphatic heterocycles. The van der Waals surface area contributed by atoms with E-state index in [1.807, 2.05) is 0 Å². The molecule has 0 aliphatic carbocycles. The number of hydrogen-bond acceptors (Lipinski definition) is 4. The highest BCUT2D eigenvalue weighted by atomic mass is 35.5. The smallest absolute Gasteiger partial charge is 0.0701 e. The molecule has 0 atom stereocenters. The normalized spacial score (nSPS) is 11.7. The zero-order valence-corrected chi connectivity index (χ0v) is 16.1. The first-order chi connectivity index (χ1) is 10.8. The van der Waals surface area contributed by atoms with Gasteiger partial charge in [0.25, 0.3) is 0 Å². The number of halogens is 4. The predicted octanol–water partition coefficient (Wildman–Crippen LogP) is 2.58. The molecular formula is C14H28Cl4N2O2. The SMILES string of the molecule is ClCCN(CCCl)CCOCCOCCN(CCCl)CCCl. The molecule has 0 radical (unpaired) electrons. The minimum Gasteiger partial charge on any atom is -0.378 e. The van der Waals surface area contributed by atoms with Gasteiger partial charge in [-0.1, -0.05) is 0 Å². The van der Waals surface area contributed by atoms with Crippen LogP contribution in [-0.4, -0.2) is 99.0 Å². The van der Waals surface area contributed by atoms with Crippen LogP contribution in [0.15, 0.2) is 0 Å². The molecule has 0 saturated heterocycles. The van der Waals surface area contributed by atoms with E-state index in [-0.39, 0.29) is 0 Å². The first kappa shape index (κ1) is 23.0. The van der Waals surface area contributed by atoms with E-state index in [4.69, 9.17) is 55.9 Å². The molecule has 0 saturated carbocycles. The average Bonchev–Trinajstić information content (AvgIpc) is 2.50. The first-order valence-corrected chi connectivity index (χ1v) is 9.76. The van der Waals surface area contributed by atoms with Crippen molar-refractivity contribution in [3.05, 3.63) is 0 Å². The second-order valence-corrected chi connectivity index (χ2v) is 6.18. The van der Waals surface area contributed by atoms with Gasteiger partial charge in [0.05, 0.1) is 26.4 Å². The third-order valence-corrected chi connectivity index (χ3v) is 3.75. The van der Waals surface area contributed by atoms with Crippen molar-refractivity contribution in [2.24, 2.45) is 0 Å². The van der Waals surface area contributed by atoms with E-state index in [9.17, 15) is 0 Å². The van der Waals surface area contributed by atoms with E-state index in [1.165, 1.54) is 0 Å². The van der Waals surface area contributed by atoms with Crippen molar-refractivity contribution in [1.82, 2.24) is 9.80 Å². The van der Waals surface area contributed by atoms with E-state index in [0.717, 1.165) is 39.3 Å². The molecule has 0 spiro atoms. The van der Waals surface area contributed by atoms with Gasteiger partial charge in [0, 0.05) is 62.8 Å². The Labute approximate surface area is 154 Å². The van der Waals surface area contributed by atoms with E-state index in [1.54, 1.807) is 0 Å². The summed E-state index contributed by atoms with van der Waals surface area (Å²) in [6.07, 6.45) is 0. The molecule has 4 nitrogen and oxygen atoms in total. The fourth-order valence-electron chi connectivity index (χ4n) is 1.86. The van der Waals surface area contributed by atoms with Gasteiger partial charge in [-0.3, -0.25) is 9.80 Å². The predicted molar refractivity (Wildman–Crippen MR) is 97.4 cm³/mol. The Balaban J connectivity index is 3.44. The molecule has 0 heterocycles. The Bertz CT molecular complexity index is 195. The molecule has 0 unspecified atom stereocenters. The van der Waals surface area contributed by atoms with E-state index in [0.29, 0.717) is 49.9 Å². The Morgan fingerprint density at radius 2 is 0.773 bits per heavy atom. The summed E-state index contributed by atoms with van der Waals surface area (Å²) in [6.45, 7) is 7.58. The second-order valence-electron chi connectivity index (χ2n) is 4.66. The Morgan fingerprint density at radius 1 is 0.455 bits per heavy atom. The molecule has 0 aromatic rings. The quantitative estimate of drug-likeness (QED) is 0.278. The van der Waals surface area contributed by atoms with Crippen LogP contribution in [0.25, 0.3) is 0 Å². The zero-order valence-electron chi connectivity index (χ0n) is 13.1. The molecule has 0 N–H and O–H groups in total. The maximum Gasteiger partial charge on any atom is 0.0701 e. The lowest BCUT2D eigenvalue weighted by molar-refractivity contribution is 0.0330. The first-order valence-electron chi connectivity index (χ1n) is 7.62. The van der Waals surface area contributed by atoms with Gasteiger partial charge in [-0.25, -0.2) is 0 Å². The van der Waals surface area contributed by atoms with Crippen molar-refractivity contribution in [2.75, 3.05) is 89.2 Å². The van der Waals surface area contributed by atoms with E-state index < -0.39 is 0 Å². The summed E-state index contributed by atoms with van der Waals surface area (Å²) in [6, 6.07) is 0. The van der Waals surface area contributed by atoms with Crippen LogP contribution in [0.4, 0.5) is 0 Å². The minimum absolute atomic E-state index is 0.598. The van der Waals surface area contributed by atoms with Gasteiger partial charge < -0.3 is 9.47 Å². The van der Waals surface area contributed by atoms with Gasteiger partial charge in [0.15, 0.2) is 0 Å². The molecule has 0 fully saturated rings. The summed E-state index contributed by atoms with van der Waals surface area (Å²) in [5.74, 6) is 2.45. The van der Waals surface area contributed by atoms with Crippen molar-refractivity contribution in [2.45, 2.75) is 0 Å². The molecule has 0 aromatic heterocycles. The molecule has 22 heavy (non-hydrogen) atoms. The van der Waals surface area contributed by atoms with Crippen LogP contribution in [0.5, 0.6) is 0 Å². The van der Waals surface area contributed by atoms with Crippen LogP contribution in [0.2, 0.25) is 0 Å². The van der Waals surface area contributed by atoms with Gasteiger partial charge in [-0.15, -0.1) is 46.4 Å². The molecule has 134 valence electrons. The molecular weight excluding hydrogens is 370 g/mol. The van der Waals surface area contributed by atoms with Crippen LogP contribution >= 0.6 is 46.4 Å². The Morgan fingerprint density at radius 3 is 1.05 bits per heavy atom. The number of rotatable bonds is 17. The molecule has 0 amide bonds. The second kappa shape index (κ2) is 18.3. The van der Waals surface area contributed by atoms with Crippen molar-refractivity contribution < 1.29 is 9.47 Å². The summed E-state index contributed by atoms with van der Waals surface area (Å²) in [7, 11) is 0. The van der Waals surface area contributed by atoms with Gasteiger partial charge in [0.1, 0.15) is 0 Å². The van der Waals surface area contributed by atoms with E-state index >= 15 is 0 Å². The summed E-state index contributed by atoms with van der Waals surface area (Å²) >= 11 is 22.9. The summed E-state index contributed by atoms with van der Waals surface area (Å²) in [5, 5.41) is 0. The largest absolute Gasteiger partial charge is 0.378 e. The topological polar surface area (TPSA) is 24.9 Å². The molecule has 0 bridgehead atoms. The highest BCUT2D eigenvalue weighted by Gasteiger charge is 2.04. The standard InChI is InChI=1S/C14H28Cl4N2O2/c15-1-5-19(6-2-16)9-11-21-13-14-22-12-10-20(7-3-17)8-4-18/h1-14H2. The highest BCUT2D eigenvalue weighted by Crippen LogP contribution is 1.94. The third kappa shape index (κ3) is 14.6. The van der Waals surface area contributed by atoms with Crippen molar-refractivity contribution >= 4 is 46.4 Å². The van der Waals surface area contributed by atoms with Crippen LogP contribution in [0, 0.1) is 0 Å². The Kier molecular flexibility index (Phi) is 19.2. The van der Waals surface area contributed by atoms with Gasteiger partial charge in [0.2, 0.25) is 0 Å². The lowest BCUT2D eigenvalue weighted by Gasteiger charge is -2.20. The van der Waals surface area contributed by atoms with Crippen molar-refractivity contribution in [1.29, 1.82) is 0 Å². The van der Waals surface area contributed by atoms with Crippen LogP contribution in [-0.2, 0) is 9.47 Å². The van der Waals surface area contributed by atoms with Crippen molar-refractivity contribution in [3.63, 3.8) is 0 Å². The fourth-order valence-corrected chi connectivity index (χ4v) is 2.81. The number of nitrogens with zero attached hydrogens (tertiary/aromatic N) is 2. The van der Waals surface area contributed by atoms with Crippen molar-refractivity contribution in [3.8, 4) is 0 Å². The fraction of sp³-hybridized carbons (Fsp3) is 1.00. The van der Waals surface area contributed by atoms with Crippen LogP contribution in [0.1, 0.15) is 0 Å². The highest BCUT2D eigenvalue weighted by molar-refractivity contribution is 6.18. The third-order valence-electron chi connectivity index (χ3n) is 3.08. The minimum atomic E-state index is 0.598. The maximum atomic E-state index is 5.73. The van der Waals surface area contributed by atoms with Gasteiger partial charge in [-0.2, -0.15) is 0 Å². The number of ether oxygens (including phenoxy) is 2. The summed E-state index contributed by atoms with van der Waals surface area (Å²) < 4.78 is 11.1. The molecule has 0 aliphatic rings. The molecule has 0 rings (SSSR count). The van der Waals surface area contributed by atoms with Crippen LogP contribution < -0.4 is 0 Å². The maximum absolute atomic E-state index is 5.73. The lowest BCUT2D eigenvalue weighted by Crippen LogP contribution is -2.32. The molecule has 0 aromatic carbocycles. The van der Waals surface area contributed by atoms with Gasteiger partial charge >= 0.3 is 0 Å². The molecule has 8 heteroatoms. The zero-order chi connectivity index (χ0) is 16.5. The van der Waals surface area contributed by atoms with E-state index in [2.05, 4.69) is 9.80 Å².